The Labute approximate surface area is 115 Å². The lowest BCUT2D eigenvalue weighted by Gasteiger charge is -2.28. The molecule has 1 atom stereocenters. The molecule has 2 N–H and O–H groups in total. The van der Waals surface area contributed by atoms with Crippen molar-refractivity contribution in [1.82, 2.24) is 9.80 Å². The van der Waals surface area contributed by atoms with E-state index in [2.05, 4.69) is 18.2 Å². The summed E-state index contributed by atoms with van der Waals surface area (Å²) in [5, 5.41) is 0. The van der Waals surface area contributed by atoms with Gasteiger partial charge in [0.05, 0.1) is 0 Å². The minimum absolute atomic E-state index is 0.194. The van der Waals surface area contributed by atoms with Crippen LogP contribution >= 0.6 is 11.8 Å². The monoisotopic (exact) mass is 273 g/mol. The Balaban J connectivity index is 2.32. The van der Waals surface area contributed by atoms with E-state index in [0.717, 1.165) is 38.9 Å². The van der Waals surface area contributed by atoms with Gasteiger partial charge in [0.25, 0.3) is 0 Å². The summed E-state index contributed by atoms with van der Waals surface area (Å²) in [4.78, 5) is 16.3. The molecule has 1 fully saturated rings. The zero-order valence-corrected chi connectivity index (χ0v) is 12.5. The minimum Gasteiger partial charge on any atom is -0.343 e. The Kier molecular flexibility index (Phi) is 7.70. The molecule has 106 valence electrons. The largest absolute Gasteiger partial charge is 0.343 e. The number of hydrogen-bond acceptors (Lipinski definition) is 4. The van der Waals surface area contributed by atoms with Gasteiger partial charge >= 0.3 is 0 Å². The van der Waals surface area contributed by atoms with Crippen LogP contribution < -0.4 is 5.73 Å². The quantitative estimate of drug-likeness (QED) is 0.671. The van der Waals surface area contributed by atoms with Crippen molar-refractivity contribution in [1.29, 1.82) is 0 Å². The summed E-state index contributed by atoms with van der Waals surface area (Å²) in [6, 6.07) is 0.194. The highest BCUT2D eigenvalue weighted by Crippen LogP contribution is 2.12. The van der Waals surface area contributed by atoms with Crippen LogP contribution in [0.1, 0.15) is 25.7 Å². The van der Waals surface area contributed by atoms with E-state index in [1.807, 2.05) is 16.7 Å². The van der Waals surface area contributed by atoms with Crippen LogP contribution in [0.5, 0.6) is 0 Å². The number of likely N-dealkylation sites (N-methyl/N-ethyl adjacent to an activating group) is 1. The third-order valence-electron chi connectivity index (χ3n) is 3.62. The summed E-state index contributed by atoms with van der Waals surface area (Å²) in [6.07, 6.45) is 6.17. The van der Waals surface area contributed by atoms with E-state index in [1.165, 1.54) is 5.75 Å². The average Bonchev–Trinajstić information content (AvgIpc) is 2.89. The van der Waals surface area contributed by atoms with Gasteiger partial charge in [-0.05, 0) is 44.9 Å². The molecule has 5 heteroatoms. The van der Waals surface area contributed by atoms with Crippen LogP contribution in [0.4, 0.5) is 0 Å². The fourth-order valence-corrected chi connectivity index (χ4v) is 2.77. The fraction of sp³-hybridized carbons (Fsp3) is 0.923. The van der Waals surface area contributed by atoms with Crippen molar-refractivity contribution in [3.63, 3.8) is 0 Å². The number of nitrogens with two attached hydrogens (primary N) is 1. The molecule has 1 aliphatic rings. The average molecular weight is 273 g/mol. The van der Waals surface area contributed by atoms with Gasteiger partial charge in [0.1, 0.15) is 0 Å². The Bertz CT molecular complexity index is 244. The second-order valence-electron chi connectivity index (χ2n) is 5.01. The Morgan fingerprint density at radius 3 is 2.67 bits per heavy atom. The lowest BCUT2D eigenvalue weighted by molar-refractivity contribution is -0.131. The van der Waals surface area contributed by atoms with Gasteiger partial charge in [-0.3, -0.25) is 4.79 Å². The first-order chi connectivity index (χ1) is 8.69. The smallest absolute Gasteiger partial charge is 0.224 e. The molecule has 1 rings (SSSR count). The molecule has 1 saturated heterocycles. The van der Waals surface area contributed by atoms with Gasteiger partial charge in [-0.1, -0.05) is 0 Å². The summed E-state index contributed by atoms with van der Waals surface area (Å²) in [7, 11) is 2.08. The number of rotatable bonds is 8. The van der Waals surface area contributed by atoms with Gasteiger partial charge in [0, 0.05) is 32.1 Å². The van der Waals surface area contributed by atoms with E-state index in [-0.39, 0.29) is 11.9 Å². The highest BCUT2D eigenvalue weighted by Gasteiger charge is 2.23. The lowest BCUT2D eigenvalue weighted by atomic mass is 10.1. The Morgan fingerprint density at radius 2 is 2.11 bits per heavy atom. The predicted octanol–water partition coefficient (Wildman–Crippen LogP) is 1.01. The van der Waals surface area contributed by atoms with Crippen LogP contribution in [0.25, 0.3) is 0 Å². The topological polar surface area (TPSA) is 49.6 Å². The maximum absolute atomic E-state index is 12.1. The number of amides is 1. The van der Waals surface area contributed by atoms with Crippen molar-refractivity contribution in [3.8, 4) is 0 Å². The summed E-state index contributed by atoms with van der Waals surface area (Å²) >= 11 is 1.86. The third-order valence-corrected chi connectivity index (χ3v) is 4.32. The first kappa shape index (κ1) is 15.8. The molecule has 0 aromatic carbocycles. The molecule has 0 aromatic rings. The zero-order valence-electron chi connectivity index (χ0n) is 11.7. The number of nitrogens with zero attached hydrogens (tertiary/aromatic N) is 2. The number of thioether (sulfide) groups is 1. The molecule has 1 unspecified atom stereocenters. The number of carbonyl (C=O) groups excluding carboxylic acids is 1. The number of likely N-dealkylation sites (tertiary alicyclic amines) is 1. The van der Waals surface area contributed by atoms with E-state index in [4.69, 9.17) is 5.73 Å². The molecular formula is C13H27N3OS. The van der Waals surface area contributed by atoms with E-state index in [0.29, 0.717) is 13.0 Å². The maximum atomic E-state index is 12.1. The Morgan fingerprint density at radius 1 is 1.44 bits per heavy atom. The van der Waals surface area contributed by atoms with Crippen LogP contribution in [0.15, 0.2) is 0 Å². The van der Waals surface area contributed by atoms with Crippen LogP contribution in [-0.2, 0) is 4.79 Å². The predicted molar refractivity (Wildman–Crippen MR) is 78.9 cm³/mol. The third kappa shape index (κ3) is 5.16. The van der Waals surface area contributed by atoms with Crippen molar-refractivity contribution in [3.05, 3.63) is 0 Å². The molecule has 0 bridgehead atoms. The number of carbonyl (C=O) groups is 1. The lowest BCUT2D eigenvalue weighted by Crippen LogP contribution is -2.43. The van der Waals surface area contributed by atoms with Gasteiger partial charge in [-0.25, -0.2) is 0 Å². The van der Waals surface area contributed by atoms with Crippen LogP contribution in [0.3, 0.4) is 0 Å². The van der Waals surface area contributed by atoms with Gasteiger partial charge in [0.15, 0.2) is 0 Å². The SMILES string of the molecule is CSCCCN(C)C(CN)CC(=O)N1CCCC1. The van der Waals surface area contributed by atoms with E-state index >= 15 is 0 Å². The van der Waals surface area contributed by atoms with E-state index in [1.54, 1.807) is 0 Å². The zero-order chi connectivity index (χ0) is 13.4. The summed E-state index contributed by atoms with van der Waals surface area (Å²) in [6.45, 7) is 3.46. The van der Waals surface area contributed by atoms with Crippen molar-refractivity contribution in [2.75, 3.05) is 45.2 Å². The molecule has 0 saturated carbocycles. The van der Waals surface area contributed by atoms with Gasteiger partial charge < -0.3 is 15.5 Å². The van der Waals surface area contributed by atoms with Crippen LogP contribution in [0.2, 0.25) is 0 Å². The van der Waals surface area contributed by atoms with Gasteiger partial charge in [-0.15, -0.1) is 0 Å². The van der Waals surface area contributed by atoms with Crippen LogP contribution in [-0.4, -0.2) is 67.0 Å². The summed E-state index contributed by atoms with van der Waals surface area (Å²) in [5.41, 5.74) is 5.81. The molecular weight excluding hydrogens is 246 g/mol. The molecule has 0 aromatic heterocycles. The van der Waals surface area contributed by atoms with Gasteiger partial charge in [-0.2, -0.15) is 11.8 Å². The van der Waals surface area contributed by atoms with Crippen LogP contribution in [0, 0.1) is 0 Å². The molecule has 18 heavy (non-hydrogen) atoms. The normalized spacial score (nSPS) is 17.4. The second-order valence-corrected chi connectivity index (χ2v) is 5.99. The van der Waals surface area contributed by atoms with Gasteiger partial charge in [0.2, 0.25) is 5.91 Å². The molecule has 1 aliphatic heterocycles. The van der Waals surface area contributed by atoms with Crippen molar-refractivity contribution >= 4 is 17.7 Å². The van der Waals surface area contributed by atoms with Crippen molar-refractivity contribution in [2.24, 2.45) is 5.73 Å². The molecule has 4 nitrogen and oxygen atoms in total. The first-order valence-corrected chi connectivity index (χ1v) is 8.25. The molecule has 1 heterocycles. The highest BCUT2D eigenvalue weighted by molar-refractivity contribution is 7.98. The van der Waals surface area contributed by atoms with E-state index in [9.17, 15) is 4.79 Å². The molecule has 0 radical (unpaired) electrons. The first-order valence-electron chi connectivity index (χ1n) is 6.86. The highest BCUT2D eigenvalue weighted by atomic mass is 32.2. The molecule has 0 aliphatic carbocycles. The Hall–Kier alpha value is -0.260. The second kappa shape index (κ2) is 8.77. The molecule has 0 spiro atoms. The fourth-order valence-electron chi connectivity index (χ4n) is 2.36. The standard InChI is InChI=1S/C13H27N3OS/c1-15(6-5-9-18-2)12(11-14)10-13(17)16-7-3-4-8-16/h12H,3-11,14H2,1-2H3. The van der Waals surface area contributed by atoms with Crippen molar-refractivity contribution in [2.45, 2.75) is 31.7 Å². The maximum Gasteiger partial charge on any atom is 0.224 e. The van der Waals surface area contributed by atoms with Crippen molar-refractivity contribution < 1.29 is 4.79 Å². The summed E-state index contributed by atoms with van der Waals surface area (Å²) < 4.78 is 0. The minimum atomic E-state index is 0.194. The number of hydrogen-bond donors (Lipinski definition) is 1. The molecule has 1 amide bonds. The van der Waals surface area contributed by atoms with E-state index < -0.39 is 0 Å². The summed E-state index contributed by atoms with van der Waals surface area (Å²) in [5.74, 6) is 1.45.